The predicted molar refractivity (Wildman–Crippen MR) is 79.3 cm³/mol. The summed E-state index contributed by atoms with van der Waals surface area (Å²) in [6.07, 6.45) is 3.47. The van der Waals surface area contributed by atoms with Crippen molar-refractivity contribution in [2.45, 2.75) is 13.5 Å². The van der Waals surface area contributed by atoms with Gasteiger partial charge in [-0.1, -0.05) is 6.07 Å². The highest BCUT2D eigenvalue weighted by Crippen LogP contribution is 2.26. The molecule has 0 fully saturated rings. The molecule has 2 rings (SSSR count). The van der Waals surface area contributed by atoms with Crippen molar-refractivity contribution in [3.05, 3.63) is 53.9 Å². The summed E-state index contributed by atoms with van der Waals surface area (Å²) in [5.41, 5.74) is 2.56. The lowest BCUT2D eigenvalue weighted by Crippen LogP contribution is -2.10. The zero-order valence-corrected chi connectivity index (χ0v) is 12.0. The molecule has 1 aromatic heterocycles. The van der Waals surface area contributed by atoms with Crippen molar-refractivity contribution in [1.29, 1.82) is 0 Å². The van der Waals surface area contributed by atoms with Crippen LogP contribution in [0.3, 0.4) is 0 Å². The van der Waals surface area contributed by atoms with E-state index in [0.717, 1.165) is 11.3 Å². The lowest BCUT2D eigenvalue weighted by atomic mass is 10.1. The summed E-state index contributed by atoms with van der Waals surface area (Å²) in [4.78, 5) is 17.7. The van der Waals surface area contributed by atoms with Gasteiger partial charge in [0.25, 0.3) is 0 Å². The number of anilines is 1. The maximum atomic E-state index is 11.7. The summed E-state index contributed by atoms with van der Waals surface area (Å²) >= 11 is 0. The fourth-order valence-corrected chi connectivity index (χ4v) is 1.84. The number of benzene rings is 1. The number of aromatic nitrogens is 1. The van der Waals surface area contributed by atoms with Crippen LogP contribution in [-0.4, -0.2) is 24.9 Å². The van der Waals surface area contributed by atoms with Gasteiger partial charge in [-0.05, 0) is 25.1 Å². The van der Waals surface area contributed by atoms with Gasteiger partial charge in [0.2, 0.25) is 0 Å². The Bertz CT molecular complexity index is 595. The van der Waals surface area contributed by atoms with E-state index in [9.17, 15) is 4.79 Å². The topological polar surface area (TPSA) is 42.4 Å². The lowest BCUT2D eigenvalue weighted by Gasteiger charge is -2.16. The molecule has 0 aliphatic heterocycles. The van der Waals surface area contributed by atoms with E-state index in [2.05, 4.69) is 4.98 Å². The summed E-state index contributed by atoms with van der Waals surface area (Å²) in [5.74, 6) is 0.601. The highest BCUT2D eigenvalue weighted by Gasteiger charge is 2.10. The third-order valence-electron chi connectivity index (χ3n) is 2.98. The van der Waals surface area contributed by atoms with E-state index in [0.29, 0.717) is 17.9 Å². The number of nitrogens with zero attached hydrogens (tertiary/aromatic N) is 2. The molecule has 0 atom stereocenters. The van der Waals surface area contributed by atoms with Crippen molar-refractivity contribution >= 4 is 11.5 Å². The molecular formula is C16H18N2O2. The summed E-state index contributed by atoms with van der Waals surface area (Å²) < 4.78 is 5.79. The van der Waals surface area contributed by atoms with Gasteiger partial charge in [-0.2, -0.15) is 0 Å². The van der Waals surface area contributed by atoms with Crippen LogP contribution in [0.5, 0.6) is 5.75 Å². The van der Waals surface area contributed by atoms with E-state index >= 15 is 0 Å². The van der Waals surface area contributed by atoms with Gasteiger partial charge in [-0.15, -0.1) is 0 Å². The van der Waals surface area contributed by atoms with Gasteiger partial charge in [0.15, 0.2) is 5.78 Å². The molecule has 0 spiro atoms. The predicted octanol–water partition coefficient (Wildman–Crippen LogP) is 2.93. The minimum Gasteiger partial charge on any atom is -0.488 e. The molecule has 20 heavy (non-hydrogen) atoms. The number of ether oxygens (including phenoxy) is 1. The first-order valence-corrected chi connectivity index (χ1v) is 6.42. The van der Waals surface area contributed by atoms with Gasteiger partial charge < -0.3 is 9.64 Å². The van der Waals surface area contributed by atoms with E-state index < -0.39 is 0 Å². The van der Waals surface area contributed by atoms with Crippen molar-refractivity contribution in [2.75, 3.05) is 19.0 Å². The van der Waals surface area contributed by atoms with Crippen molar-refractivity contribution in [3.63, 3.8) is 0 Å². The number of carbonyl (C=O) groups is 1. The smallest absolute Gasteiger partial charge is 0.163 e. The largest absolute Gasteiger partial charge is 0.488 e. The summed E-state index contributed by atoms with van der Waals surface area (Å²) in [5, 5.41) is 0. The monoisotopic (exact) mass is 270 g/mol. The van der Waals surface area contributed by atoms with E-state index in [1.807, 2.05) is 43.3 Å². The molecule has 1 heterocycles. The highest BCUT2D eigenvalue weighted by molar-refractivity contribution is 5.97. The van der Waals surface area contributed by atoms with Crippen LogP contribution in [0.1, 0.15) is 22.8 Å². The molecule has 0 saturated heterocycles. The maximum Gasteiger partial charge on any atom is 0.163 e. The van der Waals surface area contributed by atoms with E-state index in [1.165, 1.54) is 0 Å². The van der Waals surface area contributed by atoms with Gasteiger partial charge in [0.05, 0.1) is 5.56 Å². The number of carbonyl (C=O) groups excluding carboxylic acids is 1. The van der Waals surface area contributed by atoms with Crippen LogP contribution in [0.2, 0.25) is 0 Å². The quantitative estimate of drug-likeness (QED) is 0.783. The zero-order chi connectivity index (χ0) is 14.5. The van der Waals surface area contributed by atoms with E-state index in [1.54, 1.807) is 25.4 Å². The Hall–Kier alpha value is -2.36. The van der Waals surface area contributed by atoms with Crippen molar-refractivity contribution in [1.82, 2.24) is 4.98 Å². The number of hydrogen-bond acceptors (Lipinski definition) is 4. The van der Waals surface area contributed by atoms with E-state index in [-0.39, 0.29) is 5.78 Å². The molecule has 0 radical (unpaired) electrons. The molecule has 0 aliphatic rings. The Balaban J connectivity index is 2.24. The van der Waals surface area contributed by atoms with Crippen LogP contribution in [-0.2, 0) is 6.61 Å². The fourth-order valence-electron chi connectivity index (χ4n) is 1.84. The number of ketones is 1. The third kappa shape index (κ3) is 3.35. The Morgan fingerprint density at radius 3 is 2.70 bits per heavy atom. The normalized spacial score (nSPS) is 10.2. The molecule has 0 N–H and O–H groups in total. The number of pyridine rings is 1. The zero-order valence-electron chi connectivity index (χ0n) is 12.0. The molecule has 4 nitrogen and oxygen atoms in total. The molecular weight excluding hydrogens is 252 g/mol. The molecule has 0 aliphatic carbocycles. The SMILES string of the molecule is CC(=O)c1ccc(N(C)C)cc1OCc1cccnc1. The third-order valence-corrected chi connectivity index (χ3v) is 2.98. The van der Waals surface area contributed by atoms with Gasteiger partial charge in [0.1, 0.15) is 12.4 Å². The molecule has 104 valence electrons. The van der Waals surface area contributed by atoms with Gasteiger partial charge >= 0.3 is 0 Å². The summed E-state index contributed by atoms with van der Waals surface area (Å²) in [6, 6.07) is 9.40. The number of hydrogen-bond donors (Lipinski definition) is 0. The molecule has 0 saturated carbocycles. The second kappa shape index (κ2) is 6.19. The van der Waals surface area contributed by atoms with Crippen molar-refractivity contribution in [2.24, 2.45) is 0 Å². The van der Waals surface area contributed by atoms with Gasteiger partial charge in [0, 0.05) is 43.8 Å². The van der Waals surface area contributed by atoms with Crippen LogP contribution in [0.4, 0.5) is 5.69 Å². The molecule has 2 aromatic rings. The highest BCUT2D eigenvalue weighted by atomic mass is 16.5. The van der Waals surface area contributed by atoms with Crippen LogP contribution in [0.15, 0.2) is 42.7 Å². The minimum atomic E-state index is -0.00325. The summed E-state index contributed by atoms with van der Waals surface area (Å²) in [6.45, 7) is 1.94. The molecule has 0 bridgehead atoms. The van der Waals surface area contributed by atoms with E-state index in [4.69, 9.17) is 4.74 Å². The van der Waals surface area contributed by atoms with Gasteiger partial charge in [-0.25, -0.2) is 0 Å². The first-order chi connectivity index (χ1) is 9.58. The average molecular weight is 270 g/mol. The standard InChI is InChI=1S/C16H18N2O2/c1-12(19)15-7-6-14(18(2)3)9-16(15)20-11-13-5-4-8-17-10-13/h4-10H,11H2,1-3H3. The fraction of sp³-hybridized carbons (Fsp3) is 0.250. The first-order valence-electron chi connectivity index (χ1n) is 6.42. The van der Waals surface area contributed by atoms with Crippen LogP contribution in [0.25, 0.3) is 0 Å². The Labute approximate surface area is 119 Å². The molecule has 0 unspecified atom stereocenters. The average Bonchev–Trinajstić information content (AvgIpc) is 2.45. The number of Topliss-reactive ketones (excluding diaryl/α,β-unsaturated/α-hetero) is 1. The number of rotatable bonds is 5. The second-order valence-electron chi connectivity index (χ2n) is 4.78. The van der Waals surface area contributed by atoms with Gasteiger partial charge in [-0.3, -0.25) is 9.78 Å². The van der Waals surface area contributed by atoms with Crippen molar-refractivity contribution in [3.8, 4) is 5.75 Å². The van der Waals surface area contributed by atoms with Crippen LogP contribution < -0.4 is 9.64 Å². The molecule has 1 aromatic carbocycles. The molecule has 4 heteroatoms. The van der Waals surface area contributed by atoms with Crippen molar-refractivity contribution < 1.29 is 9.53 Å². The Morgan fingerprint density at radius 2 is 2.10 bits per heavy atom. The lowest BCUT2D eigenvalue weighted by molar-refractivity contribution is 0.101. The molecule has 0 amide bonds. The van der Waals surface area contributed by atoms with Crippen LogP contribution >= 0.6 is 0 Å². The second-order valence-corrected chi connectivity index (χ2v) is 4.78. The summed E-state index contributed by atoms with van der Waals surface area (Å²) in [7, 11) is 3.90. The van der Waals surface area contributed by atoms with Crippen LogP contribution in [0, 0.1) is 0 Å². The minimum absolute atomic E-state index is 0.00325. The maximum absolute atomic E-state index is 11.7. The Morgan fingerprint density at radius 1 is 1.30 bits per heavy atom. The first kappa shape index (κ1) is 14.1. The Kier molecular flexibility index (Phi) is 4.35.